The number of halogens is 3. The Labute approximate surface area is 211 Å². The summed E-state index contributed by atoms with van der Waals surface area (Å²) in [4.78, 5) is 18.2. The first kappa shape index (κ1) is 26.8. The molecule has 6 nitrogen and oxygen atoms in total. The smallest absolute Gasteiger partial charge is 0.226 e. The summed E-state index contributed by atoms with van der Waals surface area (Å²) in [5.41, 5.74) is 1.79. The summed E-state index contributed by atoms with van der Waals surface area (Å²) in [5.74, 6) is -0.520. The van der Waals surface area contributed by atoms with Gasteiger partial charge in [-0.3, -0.25) is 4.79 Å². The minimum atomic E-state index is -0.542. The van der Waals surface area contributed by atoms with Crippen LogP contribution in [0, 0.1) is 17.6 Å². The topological polar surface area (TPSA) is 68.8 Å². The lowest BCUT2D eigenvalue weighted by atomic mass is 10.1. The van der Waals surface area contributed by atoms with E-state index in [1.54, 1.807) is 4.90 Å². The third-order valence-corrected chi connectivity index (χ3v) is 5.29. The highest BCUT2D eigenvalue weighted by Gasteiger charge is 2.27. The fourth-order valence-electron chi connectivity index (χ4n) is 3.54. The monoisotopic (exact) mass is 571 g/mol. The Kier molecular flexibility index (Phi) is 10.3. The van der Waals surface area contributed by atoms with E-state index in [1.165, 1.54) is 18.2 Å². The molecule has 1 fully saturated rings. The summed E-state index contributed by atoms with van der Waals surface area (Å²) >= 11 is 0. The molecule has 2 aromatic carbocycles. The Morgan fingerprint density at radius 1 is 1.15 bits per heavy atom. The number of benzene rings is 2. The number of guanidine groups is 1. The Morgan fingerprint density at radius 2 is 1.82 bits per heavy atom. The molecule has 0 saturated carbocycles. The molecule has 180 valence electrons. The van der Waals surface area contributed by atoms with Crippen LogP contribution in [0.15, 0.2) is 47.5 Å². The molecule has 1 atom stereocenters. The number of carbonyl (C=O) groups excluding carboxylic acids is 1. The summed E-state index contributed by atoms with van der Waals surface area (Å²) < 4.78 is 28.2. The number of para-hydroxylation sites is 1. The van der Waals surface area contributed by atoms with Gasteiger partial charge in [0, 0.05) is 37.3 Å². The van der Waals surface area contributed by atoms with Gasteiger partial charge in [0.1, 0.15) is 17.3 Å². The molecule has 1 unspecified atom stereocenters. The van der Waals surface area contributed by atoms with Gasteiger partial charge in [0.25, 0.3) is 0 Å². The van der Waals surface area contributed by atoms with Gasteiger partial charge >= 0.3 is 0 Å². The van der Waals surface area contributed by atoms with Gasteiger partial charge < -0.3 is 20.9 Å². The lowest BCUT2D eigenvalue weighted by molar-refractivity contribution is -0.118. The number of anilines is 2. The van der Waals surface area contributed by atoms with Crippen LogP contribution in [0.5, 0.6) is 0 Å². The molecule has 0 bridgehead atoms. The normalized spacial score (nSPS) is 15.9. The summed E-state index contributed by atoms with van der Waals surface area (Å²) in [6.07, 6.45) is 0.752. The molecule has 1 heterocycles. The van der Waals surface area contributed by atoms with E-state index in [0.717, 1.165) is 17.7 Å². The highest BCUT2D eigenvalue weighted by Crippen LogP contribution is 2.26. The third kappa shape index (κ3) is 7.55. The van der Waals surface area contributed by atoms with E-state index < -0.39 is 11.6 Å². The second-order valence-corrected chi connectivity index (χ2v) is 8.18. The maximum absolute atomic E-state index is 14.1. The molecular weight excluding hydrogens is 539 g/mol. The Hall–Kier alpha value is -2.43. The first-order valence-electron chi connectivity index (χ1n) is 11.0. The summed E-state index contributed by atoms with van der Waals surface area (Å²) in [6.45, 7) is 7.91. The number of nitrogens with one attached hydrogen (secondary N) is 3. The van der Waals surface area contributed by atoms with Crippen LogP contribution in [0.4, 0.5) is 20.2 Å². The van der Waals surface area contributed by atoms with Crippen LogP contribution in [0.25, 0.3) is 0 Å². The van der Waals surface area contributed by atoms with Crippen molar-refractivity contribution in [1.82, 2.24) is 10.6 Å². The van der Waals surface area contributed by atoms with Crippen molar-refractivity contribution < 1.29 is 13.6 Å². The van der Waals surface area contributed by atoms with Gasteiger partial charge in [-0.15, -0.1) is 24.0 Å². The van der Waals surface area contributed by atoms with Gasteiger partial charge in [0.05, 0.1) is 6.54 Å². The second kappa shape index (κ2) is 12.7. The van der Waals surface area contributed by atoms with Crippen LogP contribution in [-0.4, -0.2) is 37.5 Å². The van der Waals surface area contributed by atoms with Crippen molar-refractivity contribution in [2.45, 2.75) is 39.8 Å². The summed E-state index contributed by atoms with van der Waals surface area (Å²) in [6, 6.07) is 11.6. The predicted octanol–water partition coefficient (Wildman–Crippen LogP) is 4.51. The molecule has 1 aliphatic heterocycles. The Balaban J connectivity index is 0.00000385. The number of aliphatic imine (C=N–C) groups is 1. The number of rotatable bonds is 7. The molecule has 0 radical (unpaired) electrons. The molecule has 9 heteroatoms. The molecule has 1 saturated heterocycles. The van der Waals surface area contributed by atoms with E-state index in [2.05, 4.69) is 20.9 Å². The predicted molar refractivity (Wildman–Crippen MR) is 140 cm³/mol. The minimum Gasteiger partial charge on any atom is -0.365 e. The van der Waals surface area contributed by atoms with Gasteiger partial charge in [-0.25, -0.2) is 13.8 Å². The van der Waals surface area contributed by atoms with Crippen molar-refractivity contribution in [2.75, 3.05) is 29.9 Å². The maximum atomic E-state index is 14.1. The van der Waals surface area contributed by atoms with Gasteiger partial charge in [-0.05, 0) is 43.2 Å². The number of hydrogen-bond donors (Lipinski definition) is 3. The molecule has 3 N–H and O–H groups in total. The van der Waals surface area contributed by atoms with E-state index in [0.29, 0.717) is 32.1 Å². The van der Waals surface area contributed by atoms with Gasteiger partial charge in [0.15, 0.2) is 5.96 Å². The SMILES string of the molecule is CCNC(=NCc1ccc(NC(=O)C(C)C)cc1)NC1CCN(c2c(F)cccc2F)C1.I. The molecule has 33 heavy (non-hydrogen) atoms. The van der Waals surface area contributed by atoms with Gasteiger partial charge in [0.2, 0.25) is 5.91 Å². The first-order chi connectivity index (χ1) is 15.4. The zero-order valence-corrected chi connectivity index (χ0v) is 21.5. The molecule has 3 rings (SSSR count). The molecule has 1 aliphatic rings. The van der Waals surface area contributed by atoms with Crippen molar-refractivity contribution in [3.8, 4) is 0 Å². The highest BCUT2D eigenvalue weighted by molar-refractivity contribution is 14.0. The average molecular weight is 571 g/mol. The molecule has 0 spiro atoms. The van der Waals surface area contributed by atoms with Gasteiger partial charge in [-0.1, -0.05) is 32.0 Å². The quantitative estimate of drug-likeness (QED) is 0.260. The van der Waals surface area contributed by atoms with Crippen molar-refractivity contribution >= 4 is 47.2 Å². The van der Waals surface area contributed by atoms with Crippen molar-refractivity contribution in [3.05, 3.63) is 59.7 Å². The van der Waals surface area contributed by atoms with E-state index >= 15 is 0 Å². The number of nitrogens with zero attached hydrogens (tertiary/aromatic N) is 2. The zero-order chi connectivity index (χ0) is 23.1. The van der Waals surface area contributed by atoms with Crippen LogP contribution in [0.2, 0.25) is 0 Å². The fraction of sp³-hybridized carbons (Fsp3) is 0.417. The summed E-state index contributed by atoms with van der Waals surface area (Å²) in [7, 11) is 0. The third-order valence-electron chi connectivity index (χ3n) is 5.29. The lowest BCUT2D eigenvalue weighted by Gasteiger charge is -2.21. The first-order valence-corrected chi connectivity index (χ1v) is 11.0. The van der Waals surface area contributed by atoms with E-state index in [4.69, 9.17) is 0 Å². The van der Waals surface area contributed by atoms with Crippen LogP contribution >= 0.6 is 24.0 Å². The van der Waals surface area contributed by atoms with Gasteiger partial charge in [-0.2, -0.15) is 0 Å². The van der Waals surface area contributed by atoms with E-state index in [9.17, 15) is 13.6 Å². The molecule has 2 aromatic rings. The maximum Gasteiger partial charge on any atom is 0.226 e. The zero-order valence-electron chi connectivity index (χ0n) is 19.2. The highest BCUT2D eigenvalue weighted by atomic mass is 127. The standard InChI is InChI=1S/C24H31F2N5O.HI/c1-4-27-24(28-14-17-8-10-18(11-9-17)29-23(32)16(2)3)30-19-12-13-31(15-19)22-20(25)6-5-7-21(22)26;/h5-11,16,19H,4,12-15H2,1-3H3,(H,29,32)(H2,27,28,30);1H. The second-order valence-electron chi connectivity index (χ2n) is 8.18. The van der Waals surface area contributed by atoms with Crippen LogP contribution in [-0.2, 0) is 11.3 Å². The molecular formula is C24H32F2IN5O. The lowest BCUT2D eigenvalue weighted by Crippen LogP contribution is -2.44. The van der Waals surface area contributed by atoms with Crippen molar-refractivity contribution in [3.63, 3.8) is 0 Å². The fourth-order valence-corrected chi connectivity index (χ4v) is 3.54. The average Bonchev–Trinajstić information content (AvgIpc) is 3.21. The Morgan fingerprint density at radius 3 is 2.42 bits per heavy atom. The largest absolute Gasteiger partial charge is 0.365 e. The number of carbonyl (C=O) groups is 1. The van der Waals surface area contributed by atoms with Crippen molar-refractivity contribution in [1.29, 1.82) is 0 Å². The molecule has 0 aromatic heterocycles. The number of amides is 1. The molecule has 0 aliphatic carbocycles. The van der Waals surface area contributed by atoms with Crippen LogP contribution in [0.1, 0.15) is 32.8 Å². The van der Waals surface area contributed by atoms with Crippen LogP contribution < -0.4 is 20.9 Å². The van der Waals surface area contributed by atoms with E-state index in [1.807, 2.05) is 45.0 Å². The van der Waals surface area contributed by atoms with Crippen LogP contribution in [0.3, 0.4) is 0 Å². The van der Waals surface area contributed by atoms with Crippen molar-refractivity contribution in [2.24, 2.45) is 10.9 Å². The number of hydrogen-bond acceptors (Lipinski definition) is 3. The minimum absolute atomic E-state index is 0. The van der Waals surface area contributed by atoms with E-state index in [-0.39, 0.29) is 47.5 Å². The Bertz CT molecular complexity index is 932. The molecule has 1 amide bonds. The summed E-state index contributed by atoms with van der Waals surface area (Å²) in [5, 5.41) is 9.46.